The predicted molar refractivity (Wildman–Crippen MR) is 78.6 cm³/mol. The van der Waals surface area contributed by atoms with Crippen molar-refractivity contribution in [2.75, 3.05) is 6.61 Å². The number of rotatable bonds is 7. The maximum atomic E-state index is 11.4. The molecule has 1 atom stereocenters. The van der Waals surface area contributed by atoms with E-state index in [1.165, 1.54) is 0 Å². The first-order valence-electron chi connectivity index (χ1n) is 7.06. The molecule has 4 N–H and O–H groups in total. The van der Waals surface area contributed by atoms with E-state index in [9.17, 15) is 22.8 Å². The molecule has 0 spiro atoms. The lowest BCUT2D eigenvalue weighted by Crippen LogP contribution is -2.37. The van der Waals surface area contributed by atoms with Crippen molar-refractivity contribution < 1.29 is 37.4 Å². The average molecular weight is 363 g/mol. The molecule has 25 heavy (non-hydrogen) atoms. The summed E-state index contributed by atoms with van der Waals surface area (Å²) >= 11 is 0. The number of aliphatic carboxylic acids is 1. The fourth-order valence-electron chi connectivity index (χ4n) is 1.44. The molecule has 0 bridgehead atoms. The fourth-order valence-corrected chi connectivity index (χ4v) is 1.44. The SMILES string of the molecule is NC(=O)CCC(N)C(=O)OCCc1ccccc1.O=C([O-])C(F)(F)F. The van der Waals surface area contributed by atoms with Crippen molar-refractivity contribution in [2.24, 2.45) is 11.5 Å². The van der Waals surface area contributed by atoms with Crippen molar-refractivity contribution in [3.63, 3.8) is 0 Å². The van der Waals surface area contributed by atoms with Gasteiger partial charge in [-0.15, -0.1) is 0 Å². The lowest BCUT2D eigenvalue weighted by Gasteiger charge is -2.10. The third-order valence-corrected chi connectivity index (χ3v) is 2.71. The molecule has 0 aliphatic rings. The van der Waals surface area contributed by atoms with E-state index in [4.69, 9.17) is 26.1 Å². The van der Waals surface area contributed by atoms with Crippen LogP contribution in [0.3, 0.4) is 0 Å². The second-order valence-corrected chi connectivity index (χ2v) is 4.80. The Hall–Kier alpha value is -2.62. The maximum Gasteiger partial charge on any atom is 0.430 e. The van der Waals surface area contributed by atoms with Crippen molar-refractivity contribution >= 4 is 17.8 Å². The van der Waals surface area contributed by atoms with Gasteiger partial charge in [-0.1, -0.05) is 30.3 Å². The smallest absolute Gasteiger partial charge is 0.430 e. The Balaban J connectivity index is 0.000000697. The molecule has 1 amide bonds. The van der Waals surface area contributed by atoms with Crippen LogP contribution in [0.2, 0.25) is 0 Å². The summed E-state index contributed by atoms with van der Waals surface area (Å²) < 4.78 is 36.6. The van der Waals surface area contributed by atoms with Crippen LogP contribution in [0.25, 0.3) is 0 Å². The number of hydrogen-bond donors (Lipinski definition) is 2. The third-order valence-electron chi connectivity index (χ3n) is 2.71. The highest BCUT2D eigenvalue weighted by Crippen LogP contribution is 2.11. The summed E-state index contributed by atoms with van der Waals surface area (Å²) in [7, 11) is 0. The summed E-state index contributed by atoms with van der Waals surface area (Å²) in [4.78, 5) is 30.8. The van der Waals surface area contributed by atoms with Crippen LogP contribution in [-0.2, 0) is 25.5 Å². The number of carbonyl (C=O) groups is 3. The van der Waals surface area contributed by atoms with E-state index >= 15 is 0 Å². The molecule has 0 aliphatic heterocycles. The molecule has 1 aromatic carbocycles. The van der Waals surface area contributed by atoms with Gasteiger partial charge in [0.05, 0.1) is 6.61 Å². The van der Waals surface area contributed by atoms with Gasteiger partial charge in [0.25, 0.3) is 0 Å². The molecule has 0 saturated heterocycles. The van der Waals surface area contributed by atoms with E-state index in [1.54, 1.807) is 0 Å². The zero-order chi connectivity index (χ0) is 19.5. The van der Waals surface area contributed by atoms with Gasteiger partial charge in [-0.25, -0.2) is 0 Å². The third kappa shape index (κ3) is 11.5. The number of esters is 1. The highest BCUT2D eigenvalue weighted by Gasteiger charge is 2.28. The van der Waals surface area contributed by atoms with Crippen LogP contribution in [0, 0.1) is 0 Å². The summed E-state index contributed by atoms with van der Waals surface area (Å²) in [6.07, 6.45) is -4.23. The van der Waals surface area contributed by atoms with E-state index in [0.29, 0.717) is 6.42 Å². The number of nitrogens with two attached hydrogens (primary N) is 2. The Morgan fingerprint density at radius 1 is 1.16 bits per heavy atom. The molecule has 10 heteroatoms. The second-order valence-electron chi connectivity index (χ2n) is 4.80. The molecule has 0 heterocycles. The number of primary amides is 1. The monoisotopic (exact) mass is 363 g/mol. The molecule has 0 fully saturated rings. The van der Waals surface area contributed by atoms with Gasteiger partial charge in [-0.05, 0) is 12.0 Å². The first-order chi connectivity index (χ1) is 11.5. The second kappa shape index (κ2) is 11.0. The van der Waals surface area contributed by atoms with Crippen LogP contribution in [0.5, 0.6) is 0 Å². The molecule has 0 aromatic heterocycles. The van der Waals surface area contributed by atoms with Crippen molar-refractivity contribution in [1.82, 2.24) is 0 Å². The van der Waals surface area contributed by atoms with Gasteiger partial charge < -0.3 is 26.1 Å². The Bertz CT molecular complexity index is 564. The largest absolute Gasteiger partial charge is 0.542 e. The van der Waals surface area contributed by atoms with E-state index in [1.807, 2.05) is 30.3 Å². The summed E-state index contributed by atoms with van der Waals surface area (Å²) in [5, 5.41) is 8.78. The highest BCUT2D eigenvalue weighted by molar-refractivity contribution is 5.78. The summed E-state index contributed by atoms with van der Waals surface area (Å²) in [6, 6.07) is 8.91. The molecule has 1 rings (SSSR count). The number of carboxylic acids is 1. The minimum absolute atomic E-state index is 0.0922. The first kappa shape index (κ1) is 22.4. The minimum atomic E-state index is -5.19. The van der Waals surface area contributed by atoms with Gasteiger partial charge in [-0.3, -0.25) is 9.59 Å². The maximum absolute atomic E-state index is 11.4. The number of carbonyl (C=O) groups excluding carboxylic acids is 3. The fraction of sp³-hybridized carbons (Fsp3) is 0.400. The summed E-state index contributed by atoms with van der Waals surface area (Å²) in [5.41, 5.74) is 11.6. The van der Waals surface area contributed by atoms with Crippen molar-refractivity contribution in [2.45, 2.75) is 31.5 Å². The van der Waals surface area contributed by atoms with Crippen LogP contribution in [0.1, 0.15) is 18.4 Å². The molecule has 0 aliphatic carbocycles. The normalized spacial score (nSPS) is 11.7. The van der Waals surface area contributed by atoms with Crippen molar-refractivity contribution in [3.05, 3.63) is 35.9 Å². The van der Waals surface area contributed by atoms with Crippen molar-refractivity contribution in [1.29, 1.82) is 0 Å². The lowest BCUT2D eigenvalue weighted by molar-refractivity contribution is -0.344. The summed E-state index contributed by atoms with van der Waals surface area (Å²) in [6.45, 7) is 0.285. The highest BCUT2D eigenvalue weighted by atomic mass is 19.4. The van der Waals surface area contributed by atoms with E-state index in [0.717, 1.165) is 5.56 Å². The van der Waals surface area contributed by atoms with Crippen LogP contribution in [-0.4, -0.2) is 36.7 Å². The molecule has 0 saturated carbocycles. The number of ether oxygens (including phenoxy) is 1. The zero-order valence-corrected chi connectivity index (χ0v) is 13.1. The van der Waals surface area contributed by atoms with Gasteiger partial charge in [0.1, 0.15) is 12.0 Å². The van der Waals surface area contributed by atoms with Gasteiger partial charge >= 0.3 is 12.1 Å². The molecule has 1 unspecified atom stereocenters. The molecule has 7 nitrogen and oxygen atoms in total. The predicted octanol–water partition coefficient (Wildman–Crippen LogP) is -0.336. The van der Waals surface area contributed by atoms with Gasteiger partial charge in [0, 0.05) is 12.8 Å². The minimum Gasteiger partial charge on any atom is -0.542 e. The standard InChI is InChI=1S/C13H18N2O3.C2HF3O2/c14-11(6-7-12(15)16)13(17)18-9-8-10-4-2-1-3-5-10;3-2(4,5)1(6)7/h1-5,11H,6-9,14H2,(H2,15,16);(H,6,7)/p-1. The molecule has 0 radical (unpaired) electrons. The number of benzene rings is 1. The Labute approximate surface area is 141 Å². The topological polar surface area (TPSA) is 136 Å². The molecule has 1 aromatic rings. The van der Waals surface area contributed by atoms with Crippen LogP contribution < -0.4 is 16.6 Å². The van der Waals surface area contributed by atoms with Gasteiger partial charge in [-0.2, -0.15) is 13.2 Å². The molecular weight excluding hydrogens is 345 g/mol. The number of halogens is 3. The molecule has 140 valence electrons. The van der Waals surface area contributed by atoms with E-state index in [-0.39, 0.29) is 19.4 Å². The van der Waals surface area contributed by atoms with Crippen LogP contribution >= 0.6 is 0 Å². The average Bonchev–Trinajstić information content (AvgIpc) is 2.53. The summed E-state index contributed by atoms with van der Waals surface area (Å²) in [5.74, 6) is -3.97. The Kier molecular flexibility index (Phi) is 9.87. The van der Waals surface area contributed by atoms with Gasteiger partial charge in [0.2, 0.25) is 5.91 Å². The number of amides is 1. The zero-order valence-electron chi connectivity index (χ0n) is 13.1. The quantitative estimate of drug-likeness (QED) is 0.637. The van der Waals surface area contributed by atoms with Crippen LogP contribution in [0.4, 0.5) is 13.2 Å². The van der Waals surface area contributed by atoms with E-state index in [2.05, 4.69) is 0 Å². The van der Waals surface area contributed by atoms with Crippen LogP contribution in [0.15, 0.2) is 30.3 Å². The Morgan fingerprint density at radius 3 is 2.12 bits per heavy atom. The lowest BCUT2D eigenvalue weighted by atomic mass is 10.1. The van der Waals surface area contributed by atoms with Gasteiger partial charge in [0.15, 0.2) is 0 Å². The first-order valence-corrected chi connectivity index (χ1v) is 7.06. The van der Waals surface area contributed by atoms with Crippen molar-refractivity contribution in [3.8, 4) is 0 Å². The number of hydrogen-bond acceptors (Lipinski definition) is 6. The number of alkyl halides is 3. The van der Waals surface area contributed by atoms with E-state index < -0.39 is 30.1 Å². The Morgan fingerprint density at radius 2 is 1.68 bits per heavy atom. The number of carboxylic acid groups (broad SMARTS) is 1. The molecular formula is C15H18F3N2O5-.